The number of likely N-dealkylation sites (N-methyl/N-ethyl adjacent to an activating group) is 1. The normalized spacial score (nSPS) is 15.7. The van der Waals surface area contributed by atoms with E-state index in [0.29, 0.717) is 19.5 Å². The van der Waals surface area contributed by atoms with E-state index in [1.165, 1.54) is 5.56 Å². The van der Waals surface area contributed by atoms with Gasteiger partial charge in [-0.1, -0.05) is 48.0 Å². The number of piperazine rings is 1. The molecule has 1 heterocycles. The molecule has 1 saturated heterocycles. The summed E-state index contributed by atoms with van der Waals surface area (Å²) in [4.78, 5) is 29.5. The molecule has 3 rings (SSSR count). The number of rotatable bonds is 8. The summed E-state index contributed by atoms with van der Waals surface area (Å²) in [5.41, 5.74) is 3.34. The third-order valence-corrected chi connectivity index (χ3v) is 5.98. The van der Waals surface area contributed by atoms with E-state index in [9.17, 15) is 9.59 Å². The van der Waals surface area contributed by atoms with E-state index in [2.05, 4.69) is 58.7 Å². The number of para-hydroxylation sites is 1. The Bertz CT molecular complexity index is 892. The predicted octanol–water partition coefficient (Wildman–Crippen LogP) is 1.77. The molecule has 0 saturated carbocycles. The summed E-state index contributed by atoms with van der Waals surface area (Å²) >= 11 is 0. The number of aryl methyl sites for hydroxylation is 1. The van der Waals surface area contributed by atoms with Crippen LogP contribution in [0.15, 0.2) is 48.5 Å². The fourth-order valence-corrected chi connectivity index (χ4v) is 3.95. The lowest BCUT2D eigenvalue weighted by Gasteiger charge is -2.38. The highest BCUT2D eigenvalue weighted by molar-refractivity contribution is 6.35. The summed E-state index contributed by atoms with van der Waals surface area (Å²) in [6, 6.07) is 16.1. The number of carbonyl (C=O) groups is 2. The van der Waals surface area contributed by atoms with Gasteiger partial charge in [-0.05, 0) is 37.6 Å². The minimum absolute atomic E-state index is 0.0367. The average Bonchev–Trinajstić information content (AvgIpc) is 2.81. The summed E-state index contributed by atoms with van der Waals surface area (Å²) in [7, 11) is 3.74. The lowest BCUT2D eigenvalue weighted by atomic mass is 10.0. The van der Waals surface area contributed by atoms with Gasteiger partial charge in [0.2, 0.25) is 0 Å². The maximum Gasteiger partial charge on any atom is 0.309 e. The zero-order valence-corrected chi connectivity index (χ0v) is 19.3. The predicted molar refractivity (Wildman–Crippen MR) is 126 cm³/mol. The van der Waals surface area contributed by atoms with Gasteiger partial charge in [-0.25, -0.2) is 0 Å². The summed E-state index contributed by atoms with van der Waals surface area (Å²) in [6.45, 7) is 6.65. The van der Waals surface area contributed by atoms with Crippen molar-refractivity contribution in [3.8, 4) is 5.75 Å². The SMILES string of the molecule is COc1ccccc1CCNC(=O)C(=O)NCC(c1ccc(C)cc1)N1CCN(C)CC1. The number of ether oxygens (including phenoxy) is 1. The largest absolute Gasteiger partial charge is 0.496 e. The fraction of sp³-hybridized carbons (Fsp3) is 0.440. The van der Waals surface area contributed by atoms with Crippen molar-refractivity contribution in [1.82, 2.24) is 20.4 Å². The highest BCUT2D eigenvalue weighted by atomic mass is 16.5. The van der Waals surface area contributed by atoms with Crippen LogP contribution in [0.5, 0.6) is 5.75 Å². The molecule has 2 aromatic carbocycles. The number of nitrogens with zero attached hydrogens (tertiary/aromatic N) is 2. The molecular formula is C25H34N4O3. The van der Waals surface area contributed by atoms with Crippen LogP contribution in [-0.2, 0) is 16.0 Å². The van der Waals surface area contributed by atoms with Gasteiger partial charge in [0, 0.05) is 39.3 Å². The summed E-state index contributed by atoms with van der Waals surface area (Å²) < 4.78 is 5.33. The molecule has 1 unspecified atom stereocenters. The lowest BCUT2D eigenvalue weighted by Crippen LogP contribution is -2.49. The first-order chi connectivity index (χ1) is 15.5. The van der Waals surface area contributed by atoms with E-state index in [-0.39, 0.29) is 6.04 Å². The molecule has 0 radical (unpaired) electrons. The maximum atomic E-state index is 12.5. The Hall–Kier alpha value is -2.90. The molecule has 1 aliphatic heterocycles. The van der Waals surface area contributed by atoms with E-state index in [4.69, 9.17) is 4.74 Å². The monoisotopic (exact) mass is 438 g/mol. The molecule has 32 heavy (non-hydrogen) atoms. The van der Waals surface area contributed by atoms with Crippen molar-refractivity contribution in [2.45, 2.75) is 19.4 Å². The van der Waals surface area contributed by atoms with E-state index in [0.717, 1.165) is 43.1 Å². The molecule has 2 N–H and O–H groups in total. The number of methoxy groups -OCH3 is 1. The summed E-state index contributed by atoms with van der Waals surface area (Å²) in [5, 5.41) is 5.56. The van der Waals surface area contributed by atoms with Gasteiger partial charge >= 0.3 is 11.8 Å². The quantitative estimate of drug-likeness (QED) is 0.615. The van der Waals surface area contributed by atoms with E-state index in [1.807, 2.05) is 24.3 Å². The van der Waals surface area contributed by atoms with Crippen LogP contribution in [-0.4, -0.2) is 75.0 Å². The van der Waals surface area contributed by atoms with E-state index >= 15 is 0 Å². The van der Waals surface area contributed by atoms with Gasteiger partial charge < -0.3 is 20.3 Å². The average molecular weight is 439 g/mol. The van der Waals surface area contributed by atoms with Crippen molar-refractivity contribution < 1.29 is 14.3 Å². The van der Waals surface area contributed by atoms with Crippen LogP contribution in [0.4, 0.5) is 0 Å². The van der Waals surface area contributed by atoms with Crippen molar-refractivity contribution in [2.24, 2.45) is 0 Å². The highest BCUT2D eigenvalue weighted by Gasteiger charge is 2.25. The summed E-state index contributed by atoms with van der Waals surface area (Å²) in [6.07, 6.45) is 0.594. The van der Waals surface area contributed by atoms with Crippen LogP contribution in [0.1, 0.15) is 22.7 Å². The standard InChI is InChI=1S/C25H34N4O3/c1-19-8-10-20(11-9-19)22(29-16-14-28(2)15-17-29)18-27-25(31)24(30)26-13-12-21-6-4-5-7-23(21)32-3/h4-11,22H,12-18H2,1-3H3,(H,26,30)(H,27,31). The van der Waals surface area contributed by atoms with Gasteiger partial charge in [0.15, 0.2) is 0 Å². The molecule has 1 aliphatic rings. The Kier molecular flexibility index (Phi) is 8.64. The van der Waals surface area contributed by atoms with Crippen LogP contribution < -0.4 is 15.4 Å². The van der Waals surface area contributed by atoms with Crippen molar-refractivity contribution in [2.75, 3.05) is 53.4 Å². The molecule has 2 amide bonds. The zero-order valence-electron chi connectivity index (χ0n) is 19.3. The molecule has 7 nitrogen and oxygen atoms in total. The molecule has 0 bridgehead atoms. The first-order valence-electron chi connectivity index (χ1n) is 11.1. The second kappa shape index (κ2) is 11.6. The van der Waals surface area contributed by atoms with Gasteiger partial charge in [-0.3, -0.25) is 14.5 Å². The Morgan fingerprint density at radius 1 is 0.969 bits per heavy atom. The van der Waals surface area contributed by atoms with Crippen LogP contribution >= 0.6 is 0 Å². The number of hydrogen-bond acceptors (Lipinski definition) is 5. The Morgan fingerprint density at radius 3 is 2.31 bits per heavy atom. The van der Waals surface area contributed by atoms with Crippen molar-refractivity contribution in [1.29, 1.82) is 0 Å². The molecule has 0 spiro atoms. The molecule has 1 atom stereocenters. The number of nitrogens with one attached hydrogen (secondary N) is 2. The zero-order chi connectivity index (χ0) is 22.9. The van der Waals surface area contributed by atoms with Crippen LogP contribution in [0.3, 0.4) is 0 Å². The third kappa shape index (κ3) is 6.55. The topological polar surface area (TPSA) is 73.9 Å². The Labute approximate surface area is 190 Å². The van der Waals surface area contributed by atoms with Crippen LogP contribution in [0.2, 0.25) is 0 Å². The first kappa shape index (κ1) is 23.8. The second-order valence-electron chi connectivity index (χ2n) is 8.29. The molecule has 0 aliphatic carbocycles. The number of amides is 2. The van der Waals surface area contributed by atoms with Gasteiger partial charge in [-0.15, -0.1) is 0 Å². The van der Waals surface area contributed by atoms with Crippen LogP contribution in [0.25, 0.3) is 0 Å². The van der Waals surface area contributed by atoms with Gasteiger partial charge in [0.25, 0.3) is 0 Å². The summed E-state index contributed by atoms with van der Waals surface area (Å²) in [5.74, 6) is -0.434. The Balaban J connectivity index is 1.54. The van der Waals surface area contributed by atoms with E-state index < -0.39 is 11.8 Å². The lowest BCUT2D eigenvalue weighted by molar-refractivity contribution is -0.139. The van der Waals surface area contributed by atoms with Crippen LogP contribution in [0, 0.1) is 6.92 Å². The maximum absolute atomic E-state index is 12.5. The smallest absolute Gasteiger partial charge is 0.309 e. The molecular weight excluding hydrogens is 404 g/mol. The Morgan fingerprint density at radius 2 is 1.62 bits per heavy atom. The molecule has 0 aromatic heterocycles. The minimum Gasteiger partial charge on any atom is -0.496 e. The third-order valence-electron chi connectivity index (χ3n) is 5.98. The highest BCUT2D eigenvalue weighted by Crippen LogP contribution is 2.22. The number of benzene rings is 2. The molecule has 172 valence electrons. The number of hydrogen-bond donors (Lipinski definition) is 2. The fourth-order valence-electron chi connectivity index (χ4n) is 3.95. The van der Waals surface area contributed by atoms with Crippen molar-refractivity contribution in [3.05, 3.63) is 65.2 Å². The van der Waals surface area contributed by atoms with Gasteiger partial charge in [0.1, 0.15) is 5.75 Å². The second-order valence-corrected chi connectivity index (χ2v) is 8.29. The minimum atomic E-state index is -0.610. The first-order valence-corrected chi connectivity index (χ1v) is 11.1. The van der Waals surface area contributed by atoms with Crippen molar-refractivity contribution in [3.63, 3.8) is 0 Å². The number of carbonyl (C=O) groups excluding carboxylic acids is 2. The molecule has 1 fully saturated rings. The molecule has 7 heteroatoms. The van der Waals surface area contributed by atoms with Crippen molar-refractivity contribution >= 4 is 11.8 Å². The van der Waals surface area contributed by atoms with Gasteiger partial charge in [-0.2, -0.15) is 0 Å². The van der Waals surface area contributed by atoms with Gasteiger partial charge in [0.05, 0.1) is 13.2 Å². The van der Waals surface area contributed by atoms with E-state index in [1.54, 1.807) is 7.11 Å². The molecule has 2 aromatic rings.